The Balaban J connectivity index is 1.54. The topological polar surface area (TPSA) is 96.3 Å². The van der Waals surface area contributed by atoms with E-state index in [9.17, 15) is 14.4 Å². The molecule has 33 heavy (non-hydrogen) atoms. The maximum absolute atomic E-state index is 13.3. The van der Waals surface area contributed by atoms with Gasteiger partial charge in [-0.2, -0.15) is 5.10 Å². The zero-order valence-corrected chi connectivity index (χ0v) is 19.9. The third kappa shape index (κ3) is 4.38. The van der Waals surface area contributed by atoms with Crippen LogP contribution in [-0.4, -0.2) is 50.5 Å². The van der Waals surface area contributed by atoms with Crippen LogP contribution in [0.2, 0.25) is 0 Å². The number of anilines is 1. The average molecular weight is 452 g/mol. The van der Waals surface area contributed by atoms with E-state index in [2.05, 4.69) is 29.6 Å². The van der Waals surface area contributed by atoms with Crippen molar-refractivity contribution in [2.75, 3.05) is 11.9 Å². The molecule has 0 radical (unpaired) electrons. The Labute approximate surface area is 194 Å². The van der Waals surface area contributed by atoms with E-state index in [0.29, 0.717) is 23.8 Å². The van der Waals surface area contributed by atoms with Crippen LogP contribution in [0.1, 0.15) is 85.8 Å². The highest BCUT2D eigenvalue weighted by Gasteiger charge is 2.48. The summed E-state index contributed by atoms with van der Waals surface area (Å²) >= 11 is 0. The lowest BCUT2D eigenvalue weighted by molar-refractivity contribution is -0.133. The monoisotopic (exact) mass is 451 g/mol. The summed E-state index contributed by atoms with van der Waals surface area (Å²) in [7, 11) is 0. The van der Waals surface area contributed by atoms with Gasteiger partial charge in [0.05, 0.1) is 6.54 Å². The summed E-state index contributed by atoms with van der Waals surface area (Å²) in [6.07, 6.45) is 4.16. The summed E-state index contributed by atoms with van der Waals surface area (Å²) in [5.41, 5.74) is 1.27. The van der Waals surface area contributed by atoms with Crippen LogP contribution in [0.15, 0.2) is 30.3 Å². The number of amides is 3. The molecule has 3 amide bonds. The highest BCUT2D eigenvalue weighted by molar-refractivity contribution is 6.06. The number of hydrogen-bond donors (Lipinski definition) is 2. The molecule has 1 atom stereocenters. The van der Waals surface area contributed by atoms with Crippen LogP contribution < -0.4 is 10.6 Å². The van der Waals surface area contributed by atoms with E-state index in [1.165, 1.54) is 16.3 Å². The van der Waals surface area contributed by atoms with Gasteiger partial charge in [-0.05, 0) is 50.3 Å². The molecular weight excluding hydrogens is 418 g/mol. The number of rotatable bonds is 6. The molecule has 0 saturated heterocycles. The third-order valence-electron chi connectivity index (χ3n) is 6.86. The van der Waals surface area contributed by atoms with Crippen LogP contribution in [0.3, 0.4) is 0 Å². The molecule has 2 N–H and O–H groups in total. The summed E-state index contributed by atoms with van der Waals surface area (Å²) in [4.78, 5) is 40.9. The number of fused-ring (bicyclic) bond motifs is 1. The van der Waals surface area contributed by atoms with Crippen LogP contribution in [0, 0.1) is 0 Å². The minimum Gasteiger partial charge on any atom is -0.351 e. The van der Waals surface area contributed by atoms with E-state index >= 15 is 0 Å². The molecule has 8 nitrogen and oxygen atoms in total. The Hall–Kier alpha value is -3.16. The summed E-state index contributed by atoms with van der Waals surface area (Å²) in [5, 5.41) is 10.4. The zero-order chi connectivity index (χ0) is 23.8. The smallest absolute Gasteiger partial charge is 0.276 e. The number of hydrogen-bond acceptors (Lipinski definition) is 4. The first-order valence-electron chi connectivity index (χ1n) is 11.8. The van der Waals surface area contributed by atoms with Gasteiger partial charge in [0.15, 0.2) is 5.69 Å². The highest BCUT2D eigenvalue weighted by atomic mass is 16.2. The number of nitrogens with zero attached hydrogens (tertiary/aromatic N) is 3. The van der Waals surface area contributed by atoms with E-state index in [-0.39, 0.29) is 36.0 Å². The Morgan fingerprint density at radius 2 is 1.85 bits per heavy atom. The minimum absolute atomic E-state index is 0.155. The van der Waals surface area contributed by atoms with Gasteiger partial charge in [-0.15, -0.1) is 0 Å². The van der Waals surface area contributed by atoms with Gasteiger partial charge in [0.25, 0.3) is 11.8 Å². The number of carbonyl (C=O) groups excluding carboxylic acids is 3. The van der Waals surface area contributed by atoms with E-state index < -0.39 is 5.54 Å². The zero-order valence-electron chi connectivity index (χ0n) is 19.9. The number of nitrogens with one attached hydrogen (secondary N) is 2. The Bertz CT molecular complexity index is 1050. The van der Waals surface area contributed by atoms with Crippen LogP contribution in [-0.2, 0) is 11.3 Å². The maximum atomic E-state index is 13.3. The van der Waals surface area contributed by atoms with Crippen molar-refractivity contribution in [2.24, 2.45) is 0 Å². The summed E-state index contributed by atoms with van der Waals surface area (Å²) in [5.74, 6) is -0.438. The molecule has 1 unspecified atom stereocenters. The van der Waals surface area contributed by atoms with Crippen LogP contribution in [0.5, 0.6) is 0 Å². The fourth-order valence-electron chi connectivity index (χ4n) is 4.80. The van der Waals surface area contributed by atoms with Gasteiger partial charge in [-0.3, -0.25) is 19.1 Å². The molecule has 8 heteroatoms. The standard InChI is InChI=1S/C25H33N5O3/c1-5-29-23(32)21-14-20(22(31)26-19-12-10-17(11-13-19)16(2)3)28-30(21)15-25(29,4)24(33)27-18-8-6-7-9-18/h10-14,16,18H,5-9,15H2,1-4H3,(H,26,31)(H,27,33). The van der Waals surface area contributed by atoms with Crippen molar-refractivity contribution in [1.82, 2.24) is 20.0 Å². The molecular formula is C25H33N5O3. The normalized spacial score (nSPS) is 20.8. The maximum Gasteiger partial charge on any atom is 0.276 e. The van der Waals surface area contributed by atoms with Crippen LogP contribution in [0.25, 0.3) is 0 Å². The van der Waals surface area contributed by atoms with Gasteiger partial charge in [0.2, 0.25) is 5.91 Å². The van der Waals surface area contributed by atoms with Crippen molar-refractivity contribution >= 4 is 23.4 Å². The largest absolute Gasteiger partial charge is 0.351 e. The van der Waals surface area contributed by atoms with Gasteiger partial charge < -0.3 is 15.5 Å². The molecule has 2 heterocycles. The molecule has 176 valence electrons. The average Bonchev–Trinajstić information content (AvgIpc) is 3.44. The van der Waals surface area contributed by atoms with Crippen LogP contribution in [0.4, 0.5) is 5.69 Å². The number of likely N-dealkylation sites (N-methyl/N-ethyl adjacent to an activating group) is 1. The molecule has 1 aromatic heterocycles. The molecule has 0 bridgehead atoms. The molecule has 2 aromatic rings. The second-order valence-corrected chi connectivity index (χ2v) is 9.58. The van der Waals surface area contributed by atoms with Gasteiger partial charge >= 0.3 is 0 Å². The molecule has 4 rings (SSSR count). The first-order valence-corrected chi connectivity index (χ1v) is 11.8. The summed E-state index contributed by atoms with van der Waals surface area (Å²) < 4.78 is 1.50. The first kappa shape index (κ1) is 23.0. The lowest BCUT2D eigenvalue weighted by atomic mass is 9.94. The lowest BCUT2D eigenvalue weighted by Crippen LogP contribution is -2.64. The van der Waals surface area contributed by atoms with Gasteiger partial charge in [0.1, 0.15) is 11.2 Å². The number of benzene rings is 1. The first-order chi connectivity index (χ1) is 15.7. The van der Waals surface area contributed by atoms with E-state index in [4.69, 9.17) is 0 Å². The fourth-order valence-corrected chi connectivity index (χ4v) is 4.80. The Kier molecular flexibility index (Phi) is 6.28. The second-order valence-electron chi connectivity index (χ2n) is 9.58. The van der Waals surface area contributed by atoms with Gasteiger partial charge in [0, 0.05) is 24.3 Å². The second kappa shape index (κ2) is 9.00. The van der Waals surface area contributed by atoms with E-state index in [1.807, 2.05) is 31.2 Å². The molecule has 1 aliphatic heterocycles. The molecule has 1 aliphatic carbocycles. The predicted molar refractivity (Wildman–Crippen MR) is 126 cm³/mol. The van der Waals surface area contributed by atoms with Crippen molar-refractivity contribution in [3.8, 4) is 0 Å². The van der Waals surface area contributed by atoms with Gasteiger partial charge in [-0.1, -0.05) is 38.8 Å². The van der Waals surface area contributed by atoms with E-state index in [0.717, 1.165) is 25.7 Å². The van der Waals surface area contributed by atoms with Crippen LogP contribution >= 0.6 is 0 Å². The van der Waals surface area contributed by atoms with Crippen molar-refractivity contribution in [3.63, 3.8) is 0 Å². The molecule has 0 spiro atoms. The Morgan fingerprint density at radius 1 is 1.18 bits per heavy atom. The lowest BCUT2D eigenvalue weighted by Gasteiger charge is -2.43. The third-order valence-corrected chi connectivity index (χ3v) is 6.86. The summed E-state index contributed by atoms with van der Waals surface area (Å²) in [6.45, 7) is 8.46. The number of aromatic nitrogens is 2. The molecule has 1 aromatic carbocycles. The molecule has 2 aliphatic rings. The highest BCUT2D eigenvalue weighted by Crippen LogP contribution is 2.29. The SMILES string of the molecule is CCN1C(=O)c2cc(C(=O)Nc3ccc(C(C)C)cc3)nn2CC1(C)C(=O)NC1CCCC1. The Morgan fingerprint density at radius 3 is 2.45 bits per heavy atom. The minimum atomic E-state index is -1.06. The quantitative estimate of drug-likeness (QED) is 0.702. The molecule has 1 saturated carbocycles. The molecule has 1 fully saturated rings. The predicted octanol–water partition coefficient (Wildman–Crippen LogP) is 3.55. The van der Waals surface area contributed by atoms with Crippen molar-refractivity contribution in [3.05, 3.63) is 47.3 Å². The van der Waals surface area contributed by atoms with Crippen molar-refractivity contribution in [2.45, 2.75) is 77.4 Å². The number of carbonyl (C=O) groups is 3. The van der Waals surface area contributed by atoms with E-state index in [1.54, 1.807) is 11.8 Å². The summed E-state index contributed by atoms with van der Waals surface area (Å²) in [6, 6.07) is 9.35. The van der Waals surface area contributed by atoms with Crippen molar-refractivity contribution < 1.29 is 14.4 Å². The van der Waals surface area contributed by atoms with Gasteiger partial charge in [-0.25, -0.2) is 0 Å². The fraction of sp³-hybridized carbons (Fsp3) is 0.520. The van der Waals surface area contributed by atoms with Crippen molar-refractivity contribution in [1.29, 1.82) is 0 Å².